The molecule has 0 saturated carbocycles. The van der Waals surface area contributed by atoms with E-state index in [9.17, 15) is 9.59 Å². The lowest BCUT2D eigenvalue weighted by molar-refractivity contribution is -0.132. The monoisotopic (exact) mass is 289 g/mol. The largest absolute Gasteiger partial charge is 0.481 e. The summed E-state index contributed by atoms with van der Waals surface area (Å²) in [5, 5.41) is 2.93. The van der Waals surface area contributed by atoms with Gasteiger partial charge in [-0.2, -0.15) is 0 Å². The van der Waals surface area contributed by atoms with Crippen LogP contribution in [0.5, 0.6) is 5.88 Å². The number of carbonyl (C=O) groups excluding carboxylic acids is 2. The van der Waals surface area contributed by atoms with Crippen molar-refractivity contribution in [2.75, 3.05) is 26.7 Å². The van der Waals surface area contributed by atoms with Gasteiger partial charge in [0.05, 0.1) is 12.5 Å². The fraction of sp³-hybridized carbons (Fsp3) is 0.533. The molecule has 2 saturated heterocycles. The van der Waals surface area contributed by atoms with Crippen molar-refractivity contribution in [1.82, 2.24) is 15.2 Å². The Morgan fingerprint density at radius 3 is 3.10 bits per heavy atom. The minimum absolute atomic E-state index is 0.0639. The summed E-state index contributed by atoms with van der Waals surface area (Å²) in [4.78, 5) is 30.5. The van der Waals surface area contributed by atoms with Crippen molar-refractivity contribution in [3.63, 3.8) is 0 Å². The van der Waals surface area contributed by atoms with Crippen LogP contribution in [0.15, 0.2) is 18.3 Å². The average molecular weight is 289 g/mol. The predicted molar refractivity (Wildman–Crippen MR) is 76.0 cm³/mol. The summed E-state index contributed by atoms with van der Waals surface area (Å²) in [6.07, 6.45) is 4.15. The average Bonchev–Trinajstić information content (AvgIpc) is 2.95. The van der Waals surface area contributed by atoms with Crippen molar-refractivity contribution in [2.45, 2.75) is 19.3 Å². The number of hydrogen-bond acceptors (Lipinski definition) is 4. The van der Waals surface area contributed by atoms with E-state index in [0.29, 0.717) is 24.5 Å². The van der Waals surface area contributed by atoms with Gasteiger partial charge in [-0.25, -0.2) is 4.98 Å². The van der Waals surface area contributed by atoms with Crippen LogP contribution in [0.3, 0.4) is 0 Å². The van der Waals surface area contributed by atoms with E-state index in [4.69, 9.17) is 4.74 Å². The molecule has 21 heavy (non-hydrogen) atoms. The zero-order chi connectivity index (χ0) is 14.9. The predicted octanol–water partition coefficient (Wildman–Crippen LogP) is 0.832. The zero-order valence-corrected chi connectivity index (χ0v) is 12.1. The molecule has 1 aromatic rings. The number of nitrogens with one attached hydrogen (secondary N) is 1. The summed E-state index contributed by atoms with van der Waals surface area (Å²) < 4.78 is 5.05. The molecule has 2 aliphatic rings. The number of methoxy groups -OCH3 is 1. The van der Waals surface area contributed by atoms with Gasteiger partial charge in [0.25, 0.3) is 5.91 Å². The molecule has 1 atom stereocenters. The van der Waals surface area contributed by atoms with E-state index in [2.05, 4.69) is 10.3 Å². The summed E-state index contributed by atoms with van der Waals surface area (Å²) in [7, 11) is 1.52. The first-order chi connectivity index (χ1) is 10.1. The fourth-order valence-electron chi connectivity index (χ4n) is 3.20. The van der Waals surface area contributed by atoms with Gasteiger partial charge in [0.15, 0.2) is 0 Å². The van der Waals surface area contributed by atoms with Crippen LogP contribution < -0.4 is 10.1 Å². The Morgan fingerprint density at radius 1 is 1.48 bits per heavy atom. The van der Waals surface area contributed by atoms with Gasteiger partial charge < -0.3 is 15.0 Å². The lowest BCUT2D eigenvalue weighted by Crippen LogP contribution is -2.47. The standard InChI is InChI=1S/C15H19N3O3/c1-21-12-9-11(3-7-16-12)13(19)18-8-5-15(10-18)4-2-6-17-14(15)20/h3,7,9H,2,4-6,8,10H2,1H3,(H,17,20)/t15-/m1/s1. The smallest absolute Gasteiger partial charge is 0.254 e. The van der Waals surface area contributed by atoms with Crippen molar-refractivity contribution in [1.29, 1.82) is 0 Å². The molecule has 112 valence electrons. The Labute approximate surface area is 123 Å². The van der Waals surface area contributed by atoms with Crippen LogP contribution in [0, 0.1) is 5.41 Å². The maximum atomic E-state index is 12.6. The molecule has 0 aliphatic carbocycles. The normalized spacial score (nSPS) is 25.0. The van der Waals surface area contributed by atoms with Gasteiger partial charge in [-0.15, -0.1) is 0 Å². The molecule has 2 fully saturated rings. The molecule has 2 amide bonds. The Balaban J connectivity index is 1.76. The maximum Gasteiger partial charge on any atom is 0.254 e. The third kappa shape index (κ3) is 2.46. The van der Waals surface area contributed by atoms with Gasteiger partial charge >= 0.3 is 0 Å². The maximum absolute atomic E-state index is 12.6. The molecule has 0 bridgehead atoms. The highest BCUT2D eigenvalue weighted by Crippen LogP contribution is 2.37. The van der Waals surface area contributed by atoms with E-state index >= 15 is 0 Å². The third-order valence-corrected chi connectivity index (χ3v) is 4.43. The molecule has 1 aromatic heterocycles. The second-order valence-electron chi connectivity index (χ2n) is 5.70. The van der Waals surface area contributed by atoms with Gasteiger partial charge in [-0.1, -0.05) is 0 Å². The Morgan fingerprint density at radius 2 is 2.33 bits per heavy atom. The van der Waals surface area contributed by atoms with E-state index in [-0.39, 0.29) is 17.2 Å². The summed E-state index contributed by atoms with van der Waals surface area (Å²) in [6.45, 7) is 1.87. The van der Waals surface area contributed by atoms with Crippen LogP contribution in [-0.4, -0.2) is 48.4 Å². The SMILES string of the molecule is COc1cc(C(=O)N2CC[C@]3(CCCNC3=O)C2)ccn1. The molecule has 0 aromatic carbocycles. The topological polar surface area (TPSA) is 71.5 Å². The van der Waals surface area contributed by atoms with Gasteiger partial charge in [-0.3, -0.25) is 9.59 Å². The molecule has 0 unspecified atom stereocenters. The number of pyridine rings is 1. The van der Waals surface area contributed by atoms with Crippen molar-refractivity contribution in [2.24, 2.45) is 5.41 Å². The summed E-state index contributed by atoms with van der Waals surface area (Å²) in [6, 6.07) is 3.31. The van der Waals surface area contributed by atoms with Crippen LogP contribution in [0.25, 0.3) is 0 Å². The van der Waals surface area contributed by atoms with Gasteiger partial charge in [0, 0.05) is 37.5 Å². The summed E-state index contributed by atoms with van der Waals surface area (Å²) in [5.74, 6) is 0.451. The lowest BCUT2D eigenvalue weighted by atomic mass is 9.79. The second kappa shape index (κ2) is 5.35. The van der Waals surface area contributed by atoms with E-state index in [1.54, 1.807) is 23.2 Å². The number of hydrogen-bond donors (Lipinski definition) is 1. The number of rotatable bonds is 2. The van der Waals surface area contributed by atoms with E-state index in [1.165, 1.54) is 7.11 Å². The Bertz CT molecular complexity index is 575. The first-order valence-corrected chi connectivity index (χ1v) is 7.22. The van der Waals surface area contributed by atoms with Crippen molar-refractivity contribution < 1.29 is 14.3 Å². The van der Waals surface area contributed by atoms with Gasteiger partial charge in [0.1, 0.15) is 0 Å². The van der Waals surface area contributed by atoms with E-state index in [0.717, 1.165) is 25.8 Å². The summed E-state index contributed by atoms with van der Waals surface area (Å²) in [5.41, 5.74) is 0.167. The van der Waals surface area contributed by atoms with Gasteiger partial charge in [-0.05, 0) is 25.3 Å². The first-order valence-electron chi connectivity index (χ1n) is 7.22. The molecular formula is C15H19N3O3. The lowest BCUT2D eigenvalue weighted by Gasteiger charge is -2.32. The number of likely N-dealkylation sites (tertiary alicyclic amines) is 1. The number of amides is 2. The van der Waals surface area contributed by atoms with Crippen LogP contribution in [-0.2, 0) is 4.79 Å². The quantitative estimate of drug-likeness (QED) is 0.875. The van der Waals surface area contributed by atoms with Crippen molar-refractivity contribution in [3.8, 4) is 5.88 Å². The first kappa shape index (κ1) is 13.9. The minimum atomic E-state index is -0.384. The number of aromatic nitrogens is 1. The van der Waals surface area contributed by atoms with Crippen LogP contribution in [0.1, 0.15) is 29.6 Å². The van der Waals surface area contributed by atoms with Crippen molar-refractivity contribution in [3.05, 3.63) is 23.9 Å². The molecule has 3 rings (SSSR count). The van der Waals surface area contributed by atoms with E-state index in [1.807, 2.05) is 0 Å². The molecule has 3 heterocycles. The molecule has 1 N–H and O–H groups in total. The van der Waals surface area contributed by atoms with Crippen LogP contribution >= 0.6 is 0 Å². The highest BCUT2D eigenvalue weighted by atomic mass is 16.5. The molecule has 1 spiro atoms. The summed E-state index contributed by atoms with van der Waals surface area (Å²) >= 11 is 0. The fourth-order valence-corrected chi connectivity index (χ4v) is 3.20. The number of piperidine rings is 1. The zero-order valence-electron chi connectivity index (χ0n) is 12.1. The number of ether oxygens (including phenoxy) is 1. The highest BCUT2D eigenvalue weighted by molar-refractivity contribution is 5.95. The molecule has 6 nitrogen and oxygen atoms in total. The van der Waals surface area contributed by atoms with Gasteiger partial charge in [0.2, 0.25) is 11.8 Å². The van der Waals surface area contributed by atoms with Crippen LogP contribution in [0.4, 0.5) is 0 Å². The Hall–Kier alpha value is -2.11. The molecular weight excluding hydrogens is 270 g/mol. The molecule has 0 radical (unpaired) electrons. The molecule has 2 aliphatic heterocycles. The minimum Gasteiger partial charge on any atom is -0.481 e. The third-order valence-electron chi connectivity index (χ3n) is 4.43. The van der Waals surface area contributed by atoms with Crippen molar-refractivity contribution >= 4 is 11.8 Å². The highest BCUT2D eigenvalue weighted by Gasteiger charge is 2.46. The van der Waals surface area contributed by atoms with Crippen LogP contribution in [0.2, 0.25) is 0 Å². The Kier molecular flexibility index (Phi) is 3.53. The number of carbonyl (C=O) groups is 2. The van der Waals surface area contributed by atoms with E-state index < -0.39 is 0 Å². The number of nitrogens with zero attached hydrogens (tertiary/aromatic N) is 2. The second-order valence-corrected chi connectivity index (χ2v) is 5.70. The molecule has 6 heteroatoms.